The van der Waals surface area contributed by atoms with Gasteiger partial charge in [0.05, 0.1) is 48.1 Å². The van der Waals surface area contributed by atoms with Crippen molar-refractivity contribution in [3.05, 3.63) is 165 Å². The van der Waals surface area contributed by atoms with Gasteiger partial charge in [0.2, 0.25) is 0 Å². The van der Waals surface area contributed by atoms with Crippen LogP contribution in [0.25, 0.3) is 0 Å². The maximum absolute atomic E-state index is 6.11. The van der Waals surface area contributed by atoms with E-state index in [-0.39, 0.29) is 12.1 Å². The Hall–Kier alpha value is -5.18. The summed E-state index contributed by atoms with van der Waals surface area (Å²) in [6.45, 7) is 1.54. The molecule has 0 aliphatic carbocycles. The van der Waals surface area contributed by atoms with Crippen LogP contribution in [0.2, 0.25) is 0 Å². The quantitative estimate of drug-likeness (QED) is 0.0680. The number of hydrogen-bond donors (Lipinski definition) is 0. The van der Waals surface area contributed by atoms with E-state index in [1.165, 1.54) is 61.1 Å². The first-order valence-corrected chi connectivity index (χ1v) is 22.9. The summed E-state index contributed by atoms with van der Waals surface area (Å²) < 4.78 is 12.2. The summed E-state index contributed by atoms with van der Waals surface area (Å²) >= 11 is 3.60. The number of thiophene rings is 2. The Kier molecular flexibility index (Phi) is 14.0. The highest BCUT2D eigenvalue weighted by Gasteiger charge is 2.32. The number of hydrazone groups is 2. The summed E-state index contributed by atoms with van der Waals surface area (Å²) in [6, 6.07) is 47.2. The molecule has 0 amide bonds. The summed E-state index contributed by atoms with van der Waals surface area (Å²) in [5.41, 5.74) is 6.83. The van der Waals surface area contributed by atoms with Crippen molar-refractivity contribution in [1.82, 2.24) is 0 Å². The van der Waals surface area contributed by atoms with Crippen LogP contribution in [0.15, 0.2) is 154 Å². The molecule has 2 aliphatic heterocycles. The Balaban J connectivity index is 0.658. The lowest BCUT2D eigenvalue weighted by molar-refractivity contribution is 0.303. The van der Waals surface area contributed by atoms with Gasteiger partial charge in [0.15, 0.2) is 0 Å². The van der Waals surface area contributed by atoms with Gasteiger partial charge in [0.1, 0.15) is 11.5 Å². The third-order valence-corrected chi connectivity index (χ3v) is 13.0. The minimum Gasteiger partial charge on any atom is -0.494 e. The number of anilines is 2. The van der Waals surface area contributed by atoms with Crippen LogP contribution in [0, 0.1) is 0 Å². The maximum Gasteiger partial charge on any atom is 0.119 e. The molecule has 6 nitrogen and oxygen atoms in total. The molecule has 0 N–H and O–H groups in total. The first-order chi connectivity index (χ1) is 28.8. The van der Waals surface area contributed by atoms with Crippen molar-refractivity contribution in [2.75, 3.05) is 23.2 Å². The van der Waals surface area contributed by atoms with Gasteiger partial charge in [0.25, 0.3) is 0 Å². The van der Waals surface area contributed by atoms with E-state index < -0.39 is 0 Å². The molecular formula is C50H54N4O2S2. The van der Waals surface area contributed by atoms with Crippen molar-refractivity contribution < 1.29 is 9.47 Å². The summed E-state index contributed by atoms with van der Waals surface area (Å²) in [6.07, 6.45) is 14.3. The molecule has 0 unspecified atom stereocenters. The average Bonchev–Trinajstić information content (AvgIpc) is 4.12. The molecule has 4 heterocycles. The van der Waals surface area contributed by atoms with Crippen molar-refractivity contribution in [1.29, 1.82) is 0 Å². The van der Waals surface area contributed by atoms with Gasteiger partial charge in [-0.1, -0.05) is 99.9 Å². The Labute approximate surface area is 352 Å². The second-order valence-corrected chi connectivity index (χ2v) is 17.2. The molecule has 2 aliphatic rings. The molecule has 0 saturated carbocycles. The van der Waals surface area contributed by atoms with Crippen LogP contribution in [0.1, 0.15) is 110 Å². The number of nitrogens with zero attached hydrogens (tertiary/aromatic N) is 4. The van der Waals surface area contributed by atoms with E-state index in [4.69, 9.17) is 19.7 Å². The molecule has 2 aromatic heterocycles. The van der Waals surface area contributed by atoms with E-state index in [9.17, 15) is 0 Å². The number of para-hydroxylation sites is 2. The average molecular weight is 807 g/mol. The molecule has 0 fully saturated rings. The van der Waals surface area contributed by atoms with Gasteiger partial charge in [-0.2, -0.15) is 10.2 Å². The largest absolute Gasteiger partial charge is 0.494 e. The van der Waals surface area contributed by atoms with E-state index >= 15 is 0 Å². The van der Waals surface area contributed by atoms with Crippen molar-refractivity contribution in [2.24, 2.45) is 10.2 Å². The number of hydrogen-bond acceptors (Lipinski definition) is 8. The molecule has 58 heavy (non-hydrogen) atoms. The van der Waals surface area contributed by atoms with Crippen LogP contribution >= 0.6 is 22.7 Å². The third kappa shape index (κ3) is 10.5. The molecule has 4 aromatic carbocycles. The fourth-order valence-electron chi connectivity index (χ4n) is 7.90. The van der Waals surface area contributed by atoms with Gasteiger partial charge in [-0.3, -0.25) is 10.0 Å². The van der Waals surface area contributed by atoms with Crippen molar-refractivity contribution in [3.63, 3.8) is 0 Å². The topological polar surface area (TPSA) is 49.7 Å². The van der Waals surface area contributed by atoms with Crippen LogP contribution in [-0.4, -0.2) is 24.6 Å². The number of unbranched alkanes of at least 4 members (excludes halogenated alkanes) is 9. The predicted molar refractivity (Wildman–Crippen MR) is 244 cm³/mol. The van der Waals surface area contributed by atoms with Crippen LogP contribution in [0.5, 0.6) is 11.5 Å². The number of ether oxygens (including phenoxy) is 2. The van der Waals surface area contributed by atoms with Crippen LogP contribution < -0.4 is 19.5 Å². The zero-order chi connectivity index (χ0) is 39.2. The molecule has 0 spiro atoms. The van der Waals surface area contributed by atoms with E-state index in [0.717, 1.165) is 84.3 Å². The smallest absolute Gasteiger partial charge is 0.119 e. The lowest BCUT2D eigenvalue weighted by atomic mass is 10.0. The molecular weight excluding hydrogens is 753 g/mol. The molecule has 6 aromatic rings. The standard InChI is InChI=1S/C50H54N4O2S2/c1(3-5-7-15-33-55-43-29-25-39(26-30-43)45-37-47(49-23-17-35-57-49)53(51-45)41-19-11-9-12-20-41)2-4-6-8-16-34-56-44-31-27-40(28-32-44)46-38-48(50-24-18-36-58-50)54(52-46)42-21-13-10-14-22-42/h9-14,17-32,35-36,47-48H,1-8,15-16,33-34,37-38H2/t47-,48+. The Morgan fingerprint density at radius 1 is 0.431 bits per heavy atom. The van der Waals surface area contributed by atoms with Gasteiger partial charge >= 0.3 is 0 Å². The van der Waals surface area contributed by atoms with E-state index in [1.807, 2.05) is 0 Å². The summed E-state index contributed by atoms with van der Waals surface area (Å²) in [5, 5.41) is 18.8. The molecule has 0 bridgehead atoms. The van der Waals surface area contributed by atoms with Crippen molar-refractivity contribution in [3.8, 4) is 11.5 Å². The maximum atomic E-state index is 6.11. The van der Waals surface area contributed by atoms with Gasteiger partial charge in [-0.05, 0) is 120 Å². The second kappa shape index (κ2) is 20.5. The molecule has 8 rings (SSSR count). The van der Waals surface area contributed by atoms with Crippen LogP contribution in [0.3, 0.4) is 0 Å². The predicted octanol–water partition coefficient (Wildman–Crippen LogP) is 13.9. The highest BCUT2D eigenvalue weighted by atomic mass is 32.1. The fraction of sp³-hybridized carbons (Fsp3) is 0.320. The molecule has 8 heteroatoms. The summed E-state index contributed by atoms with van der Waals surface area (Å²) in [4.78, 5) is 2.68. The number of benzene rings is 4. The minimum absolute atomic E-state index is 0.229. The Bertz CT molecular complexity index is 2000. The SMILES string of the molecule is c1ccc(N2N=C(c3ccc(OCCCCCCCCCCCCOc4ccc(C5=NN(c6ccccc6)[C@H](c6cccs6)C5)cc4)cc3)C[C@@H]2c2cccs2)cc1. The Morgan fingerprint density at radius 2 is 0.810 bits per heavy atom. The molecule has 0 saturated heterocycles. The van der Waals surface area contributed by atoms with Gasteiger partial charge in [-0.15, -0.1) is 22.7 Å². The fourth-order valence-corrected chi connectivity index (χ4v) is 9.52. The summed E-state index contributed by atoms with van der Waals surface area (Å²) in [7, 11) is 0. The van der Waals surface area contributed by atoms with E-state index in [0.29, 0.717) is 0 Å². The lowest BCUT2D eigenvalue weighted by Gasteiger charge is -2.22. The first kappa shape index (κ1) is 39.6. The van der Waals surface area contributed by atoms with Crippen LogP contribution in [-0.2, 0) is 0 Å². The van der Waals surface area contributed by atoms with Crippen LogP contribution in [0.4, 0.5) is 11.4 Å². The van der Waals surface area contributed by atoms with Gasteiger partial charge in [-0.25, -0.2) is 0 Å². The zero-order valence-corrected chi connectivity index (χ0v) is 35.0. The zero-order valence-electron chi connectivity index (χ0n) is 33.3. The first-order valence-electron chi connectivity index (χ1n) is 21.2. The van der Waals surface area contributed by atoms with E-state index in [2.05, 4.69) is 154 Å². The minimum atomic E-state index is 0.229. The van der Waals surface area contributed by atoms with Crippen molar-refractivity contribution >= 4 is 45.5 Å². The van der Waals surface area contributed by atoms with Gasteiger partial charge in [0, 0.05) is 22.6 Å². The molecule has 0 radical (unpaired) electrons. The molecule has 2 atom stereocenters. The van der Waals surface area contributed by atoms with Gasteiger partial charge < -0.3 is 9.47 Å². The van der Waals surface area contributed by atoms with Crippen molar-refractivity contribution in [2.45, 2.75) is 89.1 Å². The highest BCUT2D eigenvalue weighted by Crippen LogP contribution is 2.40. The lowest BCUT2D eigenvalue weighted by Crippen LogP contribution is -2.17. The monoisotopic (exact) mass is 806 g/mol. The number of rotatable bonds is 21. The third-order valence-electron chi connectivity index (χ3n) is 11.1. The molecule has 298 valence electrons. The Morgan fingerprint density at radius 3 is 1.17 bits per heavy atom. The second-order valence-electron chi connectivity index (χ2n) is 15.2. The van der Waals surface area contributed by atoms with E-state index in [1.54, 1.807) is 22.7 Å². The highest BCUT2D eigenvalue weighted by molar-refractivity contribution is 7.10. The normalized spacial score (nSPS) is 16.4. The summed E-state index contributed by atoms with van der Waals surface area (Å²) in [5.74, 6) is 1.88.